The molecule has 0 fully saturated rings. The van der Waals surface area contributed by atoms with E-state index in [1.807, 2.05) is 0 Å². The topological polar surface area (TPSA) is 65.2 Å². The molecule has 5 heteroatoms. The Kier molecular flexibility index (Phi) is 2.43. The van der Waals surface area contributed by atoms with Crippen molar-refractivity contribution >= 4 is 22.0 Å². The van der Waals surface area contributed by atoms with Crippen LogP contribution in [0.25, 0.3) is 0 Å². The van der Waals surface area contributed by atoms with Crippen molar-refractivity contribution in [2.45, 2.75) is 0 Å². The summed E-state index contributed by atoms with van der Waals surface area (Å²) in [4.78, 5) is 14.0. The van der Waals surface area contributed by atoms with E-state index < -0.39 is 6.09 Å². The Morgan fingerprint density at radius 1 is 1.64 bits per heavy atom. The number of pyridine rings is 1. The standard InChI is InChI=1S/C6H5BrN2O2/c7-5-2-1-4(3-9-5)11-6(8)10/h1-3H,(H2,8,10). The lowest BCUT2D eigenvalue weighted by Crippen LogP contribution is -2.16. The summed E-state index contributed by atoms with van der Waals surface area (Å²) in [5, 5.41) is 0. The number of nitrogens with zero attached hydrogens (tertiary/aromatic N) is 1. The number of hydrogen-bond acceptors (Lipinski definition) is 3. The van der Waals surface area contributed by atoms with Crippen LogP contribution in [0.3, 0.4) is 0 Å². The van der Waals surface area contributed by atoms with E-state index in [0.29, 0.717) is 10.4 Å². The van der Waals surface area contributed by atoms with Crippen molar-refractivity contribution < 1.29 is 9.53 Å². The van der Waals surface area contributed by atoms with Gasteiger partial charge in [0, 0.05) is 0 Å². The molecule has 0 unspecified atom stereocenters. The van der Waals surface area contributed by atoms with Gasteiger partial charge in [0.05, 0.1) is 6.20 Å². The molecule has 1 rings (SSSR count). The van der Waals surface area contributed by atoms with Crippen LogP contribution in [0.15, 0.2) is 22.9 Å². The van der Waals surface area contributed by atoms with Crippen LogP contribution in [0.4, 0.5) is 4.79 Å². The molecule has 0 saturated carbocycles. The zero-order valence-corrected chi connectivity index (χ0v) is 7.04. The summed E-state index contributed by atoms with van der Waals surface area (Å²) >= 11 is 3.13. The maximum absolute atomic E-state index is 10.2. The smallest absolute Gasteiger partial charge is 0.409 e. The van der Waals surface area contributed by atoms with Gasteiger partial charge in [-0.15, -0.1) is 0 Å². The molecular weight excluding hydrogens is 212 g/mol. The molecule has 0 spiro atoms. The second-order valence-corrected chi connectivity index (χ2v) is 2.55. The Labute approximate surface area is 71.5 Å². The van der Waals surface area contributed by atoms with Crippen LogP contribution in [-0.2, 0) is 0 Å². The number of carbonyl (C=O) groups excluding carboxylic acids is 1. The van der Waals surface area contributed by atoms with E-state index in [0.717, 1.165) is 0 Å². The second kappa shape index (κ2) is 3.34. The van der Waals surface area contributed by atoms with Crippen molar-refractivity contribution in [2.24, 2.45) is 5.73 Å². The summed E-state index contributed by atoms with van der Waals surface area (Å²) in [5.41, 5.74) is 4.76. The summed E-state index contributed by atoms with van der Waals surface area (Å²) in [6.45, 7) is 0. The average molecular weight is 217 g/mol. The first-order valence-electron chi connectivity index (χ1n) is 2.77. The minimum absolute atomic E-state index is 0.334. The Balaban J connectivity index is 2.74. The van der Waals surface area contributed by atoms with Crippen molar-refractivity contribution in [1.29, 1.82) is 0 Å². The molecule has 0 aliphatic rings. The van der Waals surface area contributed by atoms with Crippen LogP contribution in [0.1, 0.15) is 0 Å². The number of ether oxygens (including phenoxy) is 1. The fraction of sp³-hybridized carbons (Fsp3) is 0. The van der Waals surface area contributed by atoms with Crippen molar-refractivity contribution in [3.05, 3.63) is 22.9 Å². The number of primary amides is 1. The predicted octanol–water partition coefficient (Wildman–Crippen LogP) is 1.30. The molecule has 1 amide bonds. The largest absolute Gasteiger partial charge is 0.410 e. The average Bonchev–Trinajstić information content (AvgIpc) is 1.93. The first-order valence-corrected chi connectivity index (χ1v) is 3.56. The zero-order valence-electron chi connectivity index (χ0n) is 5.45. The third-order valence-electron chi connectivity index (χ3n) is 0.919. The predicted molar refractivity (Wildman–Crippen MR) is 42.1 cm³/mol. The molecule has 0 aliphatic carbocycles. The fourth-order valence-electron chi connectivity index (χ4n) is 0.539. The van der Waals surface area contributed by atoms with E-state index >= 15 is 0 Å². The van der Waals surface area contributed by atoms with E-state index in [2.05, 4.69) is 25.7 Å². The van der Waals surface area contributed by atoms with Gasteiger partial charge < -0.3 is 10.5 Å². The van der Waals surface area contributed by atoms with Gasteiger partial charge in [-0.05, 0) is 28.1 Å². The third kappa shape index (κ3) is 2.55. The molecule has 2 N–H and O–H groups in total. The molecule has 1 aromatic heterocycles. The van der Waals surface area contributed by atoms with Crippen molar-refractivity contribution in [3.63, 3.8) is 0 Å². The monoisotopic (exact) mass is 216 g/mol. The number of halogens is 1. The molecule has 11 heavy (non-hydrogen) atoms. The van der Waals surface area contributed by atoms with Crippen LogP contribution in [0.2, 0.25) is 0 Å². The van der Waals surface area contributed by atoms with Gasteiger partial charge >= 0.3 is 6.09 Å². The Morgan fingerprint density at radius 3 is 2.82 bits per heavy atom. The van der Waals surface area contributed by atoms with Gasteiger partial charge in [-0.25, -0.2) is 9.78 Å². The quantitative estimate of drug-likeness (QED) is 0.721. The molecule has 1 aromatic rings. The lowest BCUT2D eigenvalue weighted by atomic mass is 10.5. The molecule has 0 bridgehead atoms. The number of aromatic nitrogens is 1. The minimum atomic E-state index is -0.839. The lowest BCUT2D eigenvalue weighted by Gasteiger charge is -1.97. The first kappa shape index (κ1) is 8.00. The number of hydrogen-bond donors (Lipinski definition) is 1. The summed E-state index contributed by atoms with van der Waals surface area (Å²) in [7, 11) is 0. The summed E-state index contributed by atoms with van der Waals surface area (Å²) in [5.74, 6) is 0.334. The number of nitrogens with two attached hydrogens (primary N) is 1. The SMILES string of the molecule is NC(=O)Oc1ccc(Br)nc1. The first-order chi connectivity index (χ1) is 5.18. The third-order valence-corrected chi connectivity index (χ3v) is 1.39. The van der Waals surface area contributed by atoms with E-state index in [9.17, 15) is 4.79 Å². The van der Waals surface area contributed by atoms with Crippen LogP contribution >= 0.6 is 15.9 Å². The zero-order chi connectivity index (χ0) is 8.27. The molecule has 0 aromatic carbocycles. The van der Waals surface area contributed by atoms with E-state index in [-0.39, 0.29) is 0 Å². The highest BCUT2D eigenvalue weighted by Crippen LogP contribution is 2.11. The van der Waals surface area contributed by atoms with Gasteiger partial charge in [0.25, 0.3) is 0 Å². The molecule has 0 saturated heterocycles. The number of carbonyl (C=O) groups is 1. The van der Waals surface area contributed by atoms with E-state index in [4.69, 9.17) is 5.73 Å². The molecule has 0 aliphatic heterocycles. The van der Waals surface area contributed by atoms with Crippen molar-refractivity contribution in [1.82, 2.24) is 4.98 Å². The Bertz CT molecular complexity index is 260. The van der Waals surface area contributed by atoms with Gasteiger partial charge in [-0.2, -0.15) is 0 Å². The number of amides is 1. The minimum Gasteiger partial charge on any atom is -0.409 e. The highest BCUT2D eigenvalue weighted by atomic mass is 79.9. The van der Waals surface area contributed by atoms with Gasteiger partial charge in [0.2, 0.25) is 0 Å². The maximum Gasteiger partial charge on any atom is 0.410 e. The molecular formula is C6H5BrN2O2. The molecule has 0 atom stereocenters. The fourth-order valence-corrected chi connectivity index (χ4v) is 0.773. The Hall–Kier alpha value is -1.10. The molecule has 0 radical (unpaired) electrons. The summed E-state index contributed by atoms with van der Waals surface area (Å²) in [6, 6.07) is 3.24. The lowest BCUT2D eigenvalue weighted by molar-refractivity contribution is 0.210. The summed E-state index contributed by atoms with van der Waals surface area (Å²) < 4.78 is 5.20. The van der Waals surface area contributed by atoms with Crippen LogP contribution in [0, 0.1) is 0 Å². The van der Waals surface area contributed by atoms with Gasteiger partial charge in [0.15, 0.2) is 5.75 Å². The molecule has 58 valence electrons. The van der Waals surface area contributed by atoms with Crippen molar-refractivity contribution in [3.8, 4) is 5.75 Å². The highest BCUT2D eigenvalue weighted by Gasteiger charge is 1.97. The van der Waals surface area contributed by atoms with Crippen LogP contribution in [-0.4, -0.2) is 11.1 Å². The Morgan fingerprint density at radius 2 is 2.36 bits per heavy atom. The number of rotatable bonds is 1. The van der Waals surface area contributed by atoms with E-state index in [1.165, 1.54) is 6.20 Å². The van der Waals surface area contributed by atoms with Crippen molar-refractivity contribution in [2.75, 3.05) is 0 Å². The van der Waals surface area contributed by atoms with Gasteiger partial charge in [-0.1, -0.05) is 0 Å². The van der Waals surface area contributed by atoms with E-state index in [1.54, 1.807) is 12.1 Å². The van der Waals surface area contributed by atoms with Gasteiger partial charge in [0.1, 0.15) is 4.60 Å². The van der Waals surface area contributed by atoms with Crippen LogP contribution < -0.4 is 10.5 Å². The maximum atomic E-state index is 10.2. The second-order valence-electron chi connectivity index (χ2n) is 1.74. The summed E-state index contributed by atoms with van der Waals surface area (Å²) in [6.07, 6.45) is 0.559. The highest BCUT2D eigenvalue weighted by molar-refractivity contribution is 9.10. The molecule has 4 nitrogen and oxygen atoms in total. The molecule has 1 heterocycles. The van der Waals surface area contributed by atoms with Gasteiger partial charge in [-0.3, -0.25) is 0 Å². The normalized spacial score (nSPS) is 9.18. The van der Waals surface area contributed by atoms with Crippen LogP contribution in [0.5, 0.6) is 5.75 Å².